The molecule has 0 saturated carbocycles. The Morgan fingerprint density at radius 3 is 2.56 bits per heavy atom. The summed E-state index contributed by atoms with van der Waals surface area (Å²) < 4.78 is 80.1. The third-order valence-corrected chi connectivity index (χ3v) is 9.70. The fraction of sp³-hybridized carbons (Fsp3) is 0.393. The smallest absolute Gasteiger partial charge is 0.748 e. The standard InChI is InChI=1S/C28H33ClN2O8S3.Li/c1-4-20(15-27-30(11-7-13-42(35,36)37)22-17-21(29)8-9-24(22)39-27)16-28-31(10-5-6-12-41(32,33)34)23-14-19(2)25(38-3)18-26(23)40-28;/h8-9,14-18H,4-7,10-13H2,1-3H3,(H-,32,33,34,35,36,37);/q;+1. The number of aryl methyl sites for hydroxylation is 2. The minimum Gasteiger partial charge on any atom is -0.748 e. The van der Waals surface area contributed by atoms with Gasteiger partial charge in [-0.1, -0.05) is 29.9 Å². The fourth-order valence-corrected chi connectivity index (χ4v) is 7.11. The molecule has 0 atom stereocenters. The summed E-state index contributed by atoms with van der Waals surface area (Å²) in [6.45, 7) is 4.75. The third kappa shape index (κ3) is 9.45. The molecule has 0 bridgehead atoms. The van der Waals surface area contributed by atoms with Gasteiger partial charge in [-0.2, -0.15) is 13.0 Å². The number of anilines is 1. The predicted molar refractivity (Wildman–Crippen MR) is 164 cm³/mol. The predicted octanol–water partition coefficient (Wildman–Crippen LogP) is 2.30. The molecule has 43 heavy (non-hydrogen) atoms. The molecule has 3 aromatic rings. The van der Waals surface area contributed by atoms with E-state index < -0.39 is 26.0 Å². The van der Waals surface area contributed by atoms with Crippen LogP contribution in [0.2, 0.25) is 5.02 Å². The molecule has 1 aliphatic rings. The zero-order valence-corrected chi connectivity index (χ0v) is 27.7. The molecule has 0 unspecified atom stereocenters. The fourth-order valence-electron chi connectivity index (χ4n) is 4.72. The van der Waals surface area contributed by atoms with E-state index in [0.717, 1.165) is 32.1 Å². The summed E-state index contributed by atoms with van der Waals surface area (Å²) in [5.74, 6) is 1.03. The first-order chi connectivity index (χ1) is 19.8. The Balaban J connectivity index is 0.00000506. The van der Waals surface area contributed by atoms with Gasteiger partial charge in [0.05, 0.1) is 28.7 Å². The molecular formula is C28H33ClLiN2O8S3+. The van der Waals surface area contributed by atoms with Crippen LogP contribution in [0.1, 0.15) is 43.2 Å². The molecule has 0 fully saturated rings. The first-order valence-electron chi connectivity index (χ1n) is 13.3. The van der Waals surface area contributed by atoms with E-state index in [0.29, 0.717) is 48.1 Å². The van der Waals surface area contributed by atoms with Gasteiger partial charge < -0.3 is 18.9 Å². The number of ether oxygens (including phenoxy) is 2. The van der Waals surface area contributed by atoms with Crippen LogP contribution in [-0.2, 0) is 26.8 Å². The Hall–Kier alpha value is -2.08. The van der Waals surface area contributed by atoms with Gasteiger partial charge in [0.1, 0.15) is 10.4 Å². The summed E-state index contributed by atoms with van der Waals surface area (Å²) >= 11 is 7.80. The number of hydrogen-bond acceptors (Lipinski definition) is 9. The van der Waals surface area contributed by atoms with Crippen molar-refractivity contribution in [2.75, 3.05) is 30.1 Å². The average molecular weight is 664 g/mol. The molecule has 0 radical (unpaired) electrons. The number of halogens is 1. The second kappa shape index (κ2) is 14.8. The molecule has 1 N–H and O–H groups in total. The molecule has 0 spiro atoms. The largest absolute Gasteiger partial charge is 1.00 e. The maximum atomic E-state index is 11.2. The molecule has 0 aliphatic carbocycles. The number of nitrogens with zero attached hydrogens (tertiary/aromatic N) is 2. The van der Waals surface area contributed by atoms with Crippen molar-refractivity contribution in [2.45, 2.75) is 46.1 Å². The van der Waals surface area contributed by atoms with Crippen LogP contribution in [0.4, 0.5) is 5.69 Å². The van der Waals surface area contributed by atoms with Crippen molar-refractivity contribution in [2.24, 2.45) is 0 Å². The Kier molecular flexibility index (Phi) is 12.2. The number of allylic oxidation sites excluding steroid dienone is 2. The molecule has 4 rings (SSSR count). The van der Waals surface area contributed by atoms with Gasteiger partial charge in [0, 0.05) is 48.0 Å². The van der Waals surface area contributed by atoms with Crippen LogP contribution >= 0.6 is 22.9 Å². The van der Waals surface area contributed by atoms with Crippen LogP contribution in [0.25, 0.3) is 16.3 Å². The number of methoxy groups -OCH3 is 1. The topological polar surface area (TPSA) is 137 Å². The van der Waals surface area contributed by atoms with Crippen LogP contribution in [0.15, 0.2) is 47.9 Å². The molecular weight excluding hydrogens is 631 g/mol. The summed E-state index contributed by atoms with van der Waals surface area (Å²) in [5, 5.41) is 1.43. The molecule has 0 amide bonds. The summed E-state index contributed by atoms with van der Waals surface area (Å²) in [6, 6.07) is 9.21. The van der Waals surface area contributed by atoms with E-state index in [4.69, 9.17) is 25.6 Å². The second-order valence-corrected chi connectivity index (χ2v) is 14.5. The SMILES string of the molecule is CCC(=C/c1sc2cc(OC)c(C)cc2[n+]1CCCCS(=O)(=O)O)/C=C1/Oc2ccc(Cl)cc2N1CCCS(=O)(=O)[O-].[Li+]. The quantitative estimate of drug-likeness (QED) is 0.126. The first kappa shape index (κ1) is 35.4. The van der Waals surface area contributed by atoms with E-state index in [9.17, 15) is 21.4 Å². The van der Waals surface area contributed by atoms with Crippen molar-refractivity contribution >= 4 is 65.2 Å². The van der Waals surface area contributed by atoms with E-state index >= 15 is 0 Å². The second-order valence-electron chi connectivity index (χ2n) is 9.91. The molecule has 15 heteroatoms. The summed E-state index contributed by atoms with van der Waals surface area (Å²) in [4.78, 5) is 1.82. The van der Waals surface area contributed by atoms with Gasteiger partial charge in [-0.25, -0.2) is 8.42 Å². The molecule has 2 heterocycles. The summed E-state index contributed by atoms with van der Waals surface area (Å²) in [7, 11) is -6.78. The van der Waals surface area contributed by atoms with Crippen molar-refractivity contribution < 1.29 is 58.8 Å². The van der Waals surface area contributed by atoms with Crippen molar-refractivity contribution in [1.82, 2.24) is 0 Å². The van der Waals surface area contributed by atoms with Gasteiger partial charge in [0.25, 0.3) is 15.1 Å². The van der Waals surface area contributed by atoms with Crippen molar-refractivity contribution in [3.8, 4) is 11.5 Å². The van der Waals surface area contributed by atoms with Crippen LogP contribution < -0.4 is 37.8 Å². The normalized spacial score (nSPS) is 14.6. The minimum atomic E-state index is -4.36. The zero-order chi connectivity index (χ0) is 30.7. The summed E-state index contributed by atoms with van der Waals surface area (Å²) in [6.07, 6.45) is 5.55. The van der Waals surface area contributed by atoms with Crippen molar-refractivity contribution in [1.29, 1.82) is 0 Å². The van der Waals surface area contributed by atoms with Crippen LogP contribution in [0.5, 0.6) is 11.5 Å². The molecule has 228 valence electrons. The molecule has 2 aromatic carbocycles. The number of fused-ring (bicyclic) bond motifs is 2. The maximum absolute atomic E-state index is 11.2. The number of hydrogen-bond donors (Lipinski definition) is 1. The van der Waals surface area contributed by atoms with E-state index in [-0.39, 0.29) is 37.6 Å². The maximum Gasteiger partial charge on any atom is 1.00 e. The Bertz CT molecular complexity index is 1750. The first-order valence-corrected chi connectivity index (χ1v) is 17.7. The van der Waals surface area contributed by atoms with Gasteiger partial charge in [-0.15, -0.1) is 0 Å². The molecule has 1 aromatic heterocycles. The Morgan fingerprint density at radius 1 is 1.16 bits per heavy atom. The van der Waals surface area contributed by atoms with Crippen LogP contribution in [0, 0.1) is 6.92 Å². The van der Waals surface area contributed by atoms with Crippen LogP contribution in [0.3, 0.4) is 0 Å². The molecule has 10 nitrogen and oxygen atoms in total. The summed E-state index contributed by atoms with van der Waals surface area (Å²) in [5.41, 5.74) is 3.56. The number of rotatable bonds is 13. The minimum absolute atomic E-state index is 0. The van der Waals surface area contributed by atoms with Gasteiger partial charge in [0.2, 0.25) is 11.4 Å². The van der Waals surface area contributed by atoms with E-state index in [2.05, 4.69) is 4.57 Å². The Labute approximate surface area is 273 Å². The molecule has 0 saturated heterocycles. The third-order valence-electron chi connectivity index (χ3n) is 6.78. The monoisotopic (exact) mass is 663 g/mol. The number of aromatic nitrogens is 1. The number of benzene rings is 2. The van der Waals surface area contributed by atoms with E-state index in [1.807, 2.05) is 43.0 Å². The van der Waals surface area contributed by atoms with Gasteiger partial charge in [-0.05, 0) is 55.5 Å². The number of unbranched alkanes of at least 4 members (excludes halogenated alkanes) is 1. The Morgan fingerprint density at radius 2 is 1.91 bits per heavy atom. The van der Waals surface area contributed by atoms with Crippen LogP contribution in [-0.4, -0.2) is 51.1 Å². The van der Waals surface area contributed by atoms with E-state index in [1.165, 1.54) is 0 Å². The van der Waals surface area contributed by atoms with E-state index in [1.54, 1.807) is 36.6 Å². The van der Waals surface area contributed by atoms with Gasteiger partial charge in [-0.3, -0.25) is 4.55 Å². The van der Waals surface area contributed by atoms with Gasteiger partial charge in [0.15, 0.2) is 12.3 Å². The van der Waals surface area contributed by atoms with Crippen molar-refractivity contribution in [3.05, 3.63) is 63.5 Å². The molecule has 1 aliphatic heterocycles. The number of thiazole rings is 1. The average Bonchev–Trinajstić information content (AvgIpc) is 3.40. The van der Waals surface area contributed by atoms with Gasteiger partial charge >= 0.3 is 18.9 Å². The zero-order valence-electron chi connectivity index (χ0n) is 24.5. The van der Waals surface area contributed by atoms with Crippen molar-refractivity contribution in [3.63, 3.8) is 0 Å².